The Labute approximate surface area is 176 Å². The summed E-state index contributed by atoms with van der Waals surface area (Å²) in [5, 5.41) is 4.76. The quantitative estimate of drug-likeness (QED) is 0.745. The average molecular weight is 418 g/mol. The second kappa shape index (κ2) is 9.24. The van der Waals surface area contributed by atoms with Crippen molar-refractivity contribution < 1.29 is 9.32 Å². The van der Waals surface area contributed by atoms with Crippen LogP contribution < -0.4 is 0 Å². The number of benzene rings is 1. The van der Waals surface area contributed by atoms with Crippen molar-refractivity contribution in [1.29, 1.82) is 0 Å². The Bertz CT molecular complexity index is 817. The molecule has 2 aliphatic heterocycles. The molecule has 1 unspecified atom stereocenters. The largest absolute Gasteiger partial charge is 0.341 e. The van der Waals surface area contributed by atoms with Gasteiger partial charge in [-0.25, -0.2) is 0 Å². The highest BCUT2D eigenvalue weighted by atomic mass is 35.5. The standard InChI is InChI=1S/C21H28ClN5O2/c1-16-3-2-8-27(13-16)20(28)15-26-11-9-25(10-12-26)14-19-23-21(24-29-19)17-4-6-18(22)7-5-17/h4-7,16H,2-3,8-15H2,1H3. The zero-order chi connectivity index (χ0) is 20.2. The first-order chi connectivity index (χ1) is 14.1. The van der Waals surface area contributed by atoms with E-state index in [-0.39, 0.29) is 5.91 Å². The number of hydrogen-bond donors (Lipinski definition) is 0. The van der Waals surface area contributed by atoms with E-state index in [1.807, 2.05) is 29.2 Å². The average Bonchev–Trinajstić information content (AvgIpc) is 3.18. The summed E-state index contributed by atoms with van der Waals surface area (Å²) in [7, 11) is 0. The van der Waals surface area contributed by atoms with E-state index >= 15 is 0 Å². The van der Waals surface area contributed by atoms with Crippen molar-refractivity contribution >= 4 is 17.5 Å². The Hall–Kier alpha value is -1.96. The molecule has 29 heavy (non-hydrogen) atoms. The third-order valence-corrected chi connectivity index (χ3v) is 6.01. The number of nitrogens with zero attached hydrogens (tertiary/aromatic N) is 5. The molecule has 0 aliphatic carbocycles. The van der Waals surface area contributed by atoms with Crippen molar-refractivity contribution in [1.82, 2.24) is 24.8 Å². The van der Waals surface area contributed by atoms with Gasteiger partial charge in [-0.1, -0.05) is 23.7 Å². The van der Waals surface area contributed by atoms with Gasteiger partial charge in [0.05, 0.1) is 13.1 Å². The molecular weight excluding hydrogens is 390 g/mol. The number of carbonyl (C=O) groups is 1. The molecule has 0 N–H and O–H groups in total. The monoisotopic (exact) mass is 417 g/mol. The number of piperazine rings is 1. The fourth-order valence-electron chi connectivity index (χ4n) is 4.04. The summed E-state index contributed by atoms with van der Waals surface area (Å²) in [6, 6.07) is 7.40. The van der Waals surface area contributed by atoms with Crippen molar-refractivity contribution in [3.8, 4) is 11.4 Å². The maximum Gasteiger partial charge on any atom is 0.241 e. The van der Waals surface area contributed by atoms with Crippen LogP contribution in [0, 0.1) is 5.92 Å². The Balaban J connectivity index is 1.24. The molecule has 2 fully saturated rings. The van der Waals surface area contributed by atoms with Gasteiger partial charge >= 0.3 is 0 Å². The summed E-state index contributed by atoms with van der Waals surface area (Å²) in [6.07, 6.45) is 2.36. The molecule has 3 heterocycles. The lowest BCUT2D eigenvalue weighted by Gasteiger charge is -2.36. The molecule has 2 aromatic rings. The molecule has 4 rings (SSSR count). The van der Waals surface area contributed by atoms with Crippen LogP contribution in [0.1, 0.15) is 25.7 Å². The van der Waals surface area contributed by atoms with Gasteiger partial charge in [0, 0.05) is 49.9 Å². The summed E-state index contributed by atoms with van der Waals surface area (Å²) in [5.74, 6) is 2.09. The van der Waals surface area contributed by atoms with Crippen molar-refractivity contribution in [3.05, 3.63) is 35.2 Å². The van der Waals surface area contributed by atoms with Crippen LogP contribution in [0.25, 0.3) is 11.4 Å². The molecular formula is C21H28ClN5O2. The summed E-state index contributed by atoms with van der Waals surface area (Å²) in [5.41, 5.74) is 0.889. The molecule has 1 aromatic carbocycles. The lowest BCUT2D eigenvalue weighted by Crippen LogP contribution is -2.50. The number of aromatic nitrogens is 2. The highest BCUT2D eigenvalue weighted by molar-refractivity contribution is 6.30. The van der Waals surface area contributed by atoms with Crippen molar-refractivity contribution in [3.63, 3.8) is 0 Å². The van der Waals surface area contributed by atoms with E-state index in [0.717, 1.165) is 51.3 Å². The zero-order valence-electron chi connectivity index (χ0n) is 16.9. The predicted molar refractivity (Wildman–Crippen MR) is 111 cm³/mol. The van der Waals surface area contributed by atoms with E-state index in [2.05, 4.69) is 26.9 Å². The summed E-state index contributed by atoms with van der Waals surface area (Å²) in [6.45, 7) is 8.76. The zero-order valence-corrected chi connectivity index (χ0v) is 17.6. The molecule has 156 valence electrons. The highest BCUT2D eigenvalue weighted by Crippen LogP contribution is 2.19. The normalized spacial score (nSPS) is 21.4. The molecule has 1 amide bonds. The van der Waals surface area contributed by atoms with E-state index < -0.39 is 0 Å². The minimum absolute atomic E-state index is 0.273. The third-order valence-electron chi connectivity index (χ3n) is 5.76. The molecule has 2 aliphatic rings. The van der Waals surface area contributed by atoms with E-state index in [4.69, 9.17) is 16.1 Å². The Morgan fingerprint density at radius 3 is 2.59 bits per heavy atom. The topological polar surface area (TPSA) is 65.7 Å². The fourth-order valence-corrected chi connectivity index (χ4v) is 4.17. The highest BCUT2D eigenvalue weighted by Gasteiger charge is 2.25. The number of rotatable bonds is 5. The molecule has 0 radical (unpaired) electrons. The first-order valence-corrected chi connectivity index (χ1v) is 10.8. The Morgan fingerprint density at radius 2 is 1.86 bits per heavy atom. The molecule has 7 nitrogen and oxygen atoms in total. The third kappa shape index (κ3) is 5.35. The number of hydrogen-bond acceptors (Lipinski definition) is 6. The molecule has 1 atom stereocenters. The van der Waals surface area contributed by atoms with Crippen molar-refractivity contribution in [2.45, 2.75) is 26.3 Å². The van der Waals surface area contributed by atoms with Gasteiger partial charge in [0.15, 0.2) is 0 Å². The summed E-state index contributed by atoms with van der Waals surface area (Å²) in [4.78, 5) is 23.7. The second-order valence-corrected chi connectivity index (χ2v) is 8.59. The number of carbonyl (C=O) groups excluding carboxylic acids is 1. The molecule has 8 heteroatoms. The van der Waals surface area contributed by atoms with Crippen LogP contribution in [0.3, 0.4) is 0 Å². The van der Waals surface area contributed by atoms with Gasteiger partial charge in [0.1, 0.15) is 0 Å². The molecule has 0 saturated carbocycles. The van der Waals surface area contributed by atoms with Gasteiger partial charge in [-0.15, -0.1) is 0 Å². The molecule has 1 aromatic heterocycles. The van der Waals surface area contributed by atoms with Crippen LogP contribution in [0.4, 0.5) is 0 Å². The summed E-state index contributed by atoms with van der Waals surface area (Å²) < 4.78 is 5.42. The molecule has 0 bridgehead atoms. The van der Waals surface area contributed by atoms with Crippen LogP contribution >= 0.6 is 11.6 Å². The van der Waals surface area contributed by atoms with Gasteiger partial charge in [0.2, 0.25) is 17.6 Å². The van der Waals surface area contributed by atoms with Crippen LogP contribution in [-0.2, 0) is 11.3 Å². The fraction of sp³-hybridized carbons (Fsp3) is 0.571. The Morgan fingerprint density at radius 1 is 1.14 bits per heavy atom. The smallest absolute Gasteiger partial charge is 0.241 e. The van der Waals surface area contributed by atoms with Crippen LogP contribution in [0.15, 0.2) is 28.8 Å². The van der Waals surface area contributed by atoms with Gasteiger partial charge in [0.25, 0.3) is 0 Å². The van der Waals surface area contributed by atoms with E-state index in [9.17, 15) is 4.79 Å². The van der Waals surface area contributed by atoms with E-state index in [1.165, 1.54) is 6.42 Å². The van der Waals surface area contributed by atoms with Crippen LogP contribution in [0.5, 0.6) is 0 Å². The maximum atomic E-state index is 12.6. The van der Waals surface area contributed by atoms with Crippen molar-refractivity contribution in [2.24, 2.45) is 5.92 Å². The van der Waals surface area contributed by atoms with Crippen LogP contribution in [-0.4, -0.2) is 76.6 Å². The van der Waals surface area contributed by atoms with E-state index in [1.54, 1.807) is 0 Å². The first kappa shape index (κ1) is 20.3. The first-order valence-electron chi connectivity index (χ1n) is 10.4. The molecule has 2 saturated heterocycles. The maximum absolute atomic E-state index is 12.6. The van der Waals surface area contributed by atoms with Gasteiger partial charge in [-0.3, -0.25) is 14.6 Å². The van der Waals surface area contributed by atoms with E-state index in [0.29, 0.717) is 35.7 Å². The second-order valence-electron chi connectivity index (χ2n) is 8.16. The lowest BCUT2D eigenvalue weighted by atomic mass is 10.0. The number of piperidine rings is 1. The van der Waals surface area contributed by atoms with Crippen LogP contribution in [0.2, 0.25) is 5.02 Å². The summed E-state index contributed by atoms with van der Waals surface area (Å²) >= 11 is 5.93. The Kier molecular flexibility index (Phi) is 6.47. The van der Waals surface area contributed by atoms with Gasteiger partial charge < -0.3 is 9.42 Å². The predicted octanol–water partition coefficient (Wildman–Crippen LogP) is 2.77. The van der Waals surface area contributed by atoms with Gasteiger partial charge in [-0.05, 0) is 43.0 Å². The minimum atomic E-state index is 0.273. The van der Waals surface area contributed by atoms with Crippen molar-refractivity contribution in [2.75, 3.05) is 45.8 Å². The lowest BCUT2D eigenvalue weighted by molar-refractivity contribution is -0.134. The van der Waals surface area contributed by atoms with Gasteiger partial charge in [-0.2, -0.15) is 4.98 Å². The SMILES string of the molecule is CC1CCCN(C(=O)CN2CCN(Cc3nc(-c4ccc(Cl)cc4)no3)CC2)C1. The number of likely N-dealkylation sites (tertiary alicyclic amines) is 1. The minimum Gasteiger partial charge on any atom is -0.341 e. The molecule has 0 spiro atoms. The number of amides is 1. The number of halogens is 1.